The first-order valence-electron chi connectivity index (χ1n) is 6.32. The number of aromatic amines is 1. The molecule has 1 heterocycles. The van der Waals surface area contributed by atoms with E-state index >= 15 is 0 Å². The second-order valence-electron chi connectivity index (χ2n) is 4.90. The molecule has 1 rings (SSSR count). The molecule has 0 saturated carbocycles. The van der Waals surface area contributed by atoms with Crippen LogP contribution in [0, 0.1) is 6.92 Å². The molecule has 0 aliphatic carbocycles. The Bertz CT molecular complexity index is 532. The minimum atomic E-state index is -0.759. The molecule has 0 bridgehead atoms. The van der Waals surface area contributed by atoms with Crippen molar-refractivity contribution in [2.75, 3.05) is 14.2 Å². The van der Waals surface area contributed by atoms with E-state index < -0.39 is 5.54 Å². The number of ether oxygens (including phenoxy) is 1. The van der Waals surface area contributed by atoms with Gasteiger partial charge < -0.3 is 15.0 Å². The Morgan fingerprint density at radius 3 is 2.80 bits per heavy atom. The molecule has 1 aromatic rings. The number of likely N-dealkylation sites (N-methyl/N-ethyl adjacent to an activating group) is 1. The lowest BCUT2D eigenvalue weighted by molar-refractivity contribution is -0.147. The molecule has 0 amide bonds. The predicted molar refractivity (Wildman–Crippen MR) is 79.0 cm³/mol. The van der Waals surface area contributed by atoms with E-state index in [1.54, 1.807) is 20.9 Å². The molecule has 112 valence electrons. The van der Waals surface area contributed by atoms with Gasteiger partial charge in [0.2, 0.25) is 0 Å². The highest BCUT2D eigenvalue weighted by atomic mass is 32.2. The zero-order valence-electron chi connectivity index (χ0n) is 12.4. The number of nitrogens with zero attached hydrogens (tertiary/aromatic N) is 1. The summed E-state index contributed by atoms with van der Waals surface area (Å²) in [6.45, 7) is 5.55. The van der Waals surface area contributed by atoms with E-state index in [4.69, 9.17) is 4.74 Å². The molecular weight excluding hydrogens is 278 g/mol. The molecule has 0 spiro atoms. The molecule has 1 aromatic heterocycles. The molecule has 2 atom stereocenters. The Hall–Kier alpha value is -1.34. The monoisotopic (exact) mass is 299 g/mol. The SMILES string of the molecule is CNC(C)(CC(C)Sc1nc(C)cc(=O)[nH]1)C(=O)OC. The van der Waals surface area contributed by atoms with Crippen molar-refractivity contribution in [3.8, 4) is 0 Å². The van der Waals surface area contributed by atoms with Crippen molar-refractivity contribution in [3.63, 3.8) is 0 Å². The summed E-state index contributed by atoms with van der Waals surface area (Å²) in [6.07, 6.45) is 0.554. The molecule has 0 aliphatic heterocycles. The van der Waals surface area contributed by atoms with Crippen LogP contribution in [0.3, 0.4) is 0 Å². The van der Waals surface area contributed by atoms with Gasteiger partial charge in [-0.3, -0.25) is 9.59 Å². The van der Waals surface area contributed by atoms with E-state index in [-0.39, 0.29) is 16.8 Å². The second-order valence-corrected chi connectivity index (χ2v) is 6.33. The molecular formula is C13H21N3O3S. The van der Waals surface area contributed by atoms with Crippen molar-refractivity contribution in [3.05, 3.63) is 22.1 Å². The third-order valence-corrected chi connectivity index (χ3v) is 4.03. The van der Waals surface area contributed by atoms with Crippen LogP contribution in [0.25, 0.3) is 0 Å². The first kappa shape index (κ1) is 16.7. The van der Waals surface area contributed by atoms with Gasteiger partial charge in [-0.05, 0) is 27.3 Å². The van der Waals surface area contributed by atoms with Crippen LogP contribution >= 0.6 is 11.8 Å². The van der Waals surface area contributed by atoms with Crippen LogP contribution in [0.4, 0.5) is 0 Å². The number of rotatable bonds is 6. The van der Waals surface area contributed by atoms with Gasteiger partial charge >= 0.3 is 5.97 Å². The zero-order chi connectivity index (χ0) is 15.3. The standard InChI is InChI=1S/C13H21N3O3S/c1-8-6-10(17)16-12(15-8)20-9(2)7-13(3,14-4)11(18)19-5/h6,9,14H,7H2,1-5H3,(H,15,16,17). The number of nitrogens with one attached hydrogen (secondary N) is 2. The number of esters is 1. The van der Waals surface area contributed by atoms with Gasteiger partial charge in [0.15, 0.2) is 5.16 Å². The van der Waals surface area contributed by atoms with E-state index in [2.05, 4.69) is 15.3 Å². The molecule has 0 saturated heterocycles. The molecule has 0 radical (unpaired) electrons. The Morgan fingerprint density at radius 2 is 2.30 bits per heavy atom. The van der Waals surface area contributed by atoms with Gasteiger partial charge in [-0.2, -0.15) is 0 Å². The molecule has 2 N–H and O–H groups in total. The fourth-order valence-corrected chi connectivity index (χ4v) is 3.08. The number of aryl methyl sites for hydroxylation is 1. The van der Waals surface area contributed by atoms with Crippen LogP contribution in [0.15, 0.2) is 16.0 Å². The Kier molecular flexibility index (Phi) is 5.76. The lowest BCUT2D eigenvalue weighted by Gasteiger charge is -2.28. The molecule has 6 nitrogen and oxygen atoms in total. The third kappa shape index (κ3) is 4.35. The van der Waals surface area contributed by atoms with Gasteiger partial charge in [0.1, 0.15) is 5.54 Å². The Balaban J connectivity index is 2.78. The van der Waals surface area contributed by atoms with Gasteiger partial charge in [0.05, 0.1) is 7.11 Å². The van der Waals surface area contributed by atoms with Gasteiger partial charge in [-0.25, -0.2) is 4.98 Å². The largest absolute Gasteiger partial charge is 0.468 e. The number of carbonyl (C=O) groups is 1. The van der Waals surface area contributed by atoms with Gasteiger partial charge in [-0.1, -0.05) is 18.7 Å². The molecule has 0 aromatic carbocycles. The number of hydrogen-bond donors (Lipinski definition) is 2. The number of aromatic nitrogens is 2. The van der Waals surface area contributed by atoms with Crippen molar-refractivity contribution in [2.24, 2.45) is 0 Å². The normalized spacial score (nSPS) is 15.4. The quantitative estimate of drug-likeness (QED) is 0.465. The van der Waals surface area contributed by atoms with E-state index in [9.17, 15) is 9.59 Å². The fraction of sp³-hybridized carbons (Fsp3) is 0.615. The maximum atomic E-state index is 11.8. The molecule has 0 fully saturated rings. The summed E-state index contributed by atoms with van der Waals surface area (Å²) in [4.78, 5) is 30.1. The third-order valence-electron chi connectivity index (χ3n) is 3.04. The summed E-state index contributed by atoms with van der Waals surface area (Å²) in [5.74, 6) is -0.307. The number of carbonyl (C=O) groups excluding carboxylic acids is 1. The van der Waals surface area contributed by atoms with E-state index in [0.29, 0.717) is 17.3 Å². The number of H-pyrrole nitrogens is 1. The zero-order valence-corrected chi connectivity index (χ0v) is 13.3. The number of hydrogen-bond acceptors (Lipinski definition) is 6. The second kappa shape index (κ2) is 6.90. The van der Waals surface area contributed by atoms with Crippen LogP contribution < -0.4 is 10.9 Å². The van der Waals surface area contributed by atoms with E-state index in [0.717, 1.165) is 0 Å². The molecule has 0 aliphatic rings. The summed E-state index contributed by atoms with van der Waals surface area (Å²) >= 11 is 1.43. The summed E-state index contributed by atoms with van der Waals surface area (Å²) in [7, 11) is 3.09. The maximum absolute atomic E-state index is 11.8. The average Bonchev–Trinajstić information content (AvgIpc) is 2.35. The predicted octanol–water partition coefficient (Wildman–Crippen LogP) is 1.10. The summed E-state index contributed by atoms with van der Waals surface area (Å²) in [5, 5.41) is 3.63. The molecule has 7 heteroatoms. The topological polar surface area (TPSA) is 84.1 Å². The highest BCUT2D eigenvalue weighted by molar-refractivity contribution is 7.99. The van der Waals surface area contributed by atoms with Crippen LogP contribution in [0.5, 0.6) is 0 Å². The highest BCUT2D eigenvalue weighted by Gasteiger charge is 2.34. The Labute approximate surface area is 122 Å². The first-order valence-corrected chi connectivity index (χ1v) is 7.20. The summed E-state index contributed by atoms with van der Waals surface area (Å²) in [5.41, 5.74) is -0.255. The first-order chi connectivity index (χ1) is 9.30. The summed E-state index contributed by atoms with van der Waals surface area (Å²) < 4.78 is 4.81. The Morgan fingerprint density at radius 1 is 1.65 bits per heavy atom. The van der Waals surface area contributed by atoms with Crippen molar-refractivity contribution in [2.45, 2.75) is 43.1 Å². The molecule has 20 heavy (non-hydrogen) atoms. The van der Waals surface area contributed by atoms with Crippen molar-refractivity contribution in [1.29, 1.82) is 0 Å². The van der Waals surface area contributed by atoms with Crippen molar-refractivity contribution in [1.82, 2.24) is 15.3 Å². The fourth-order valence-electron chi connectivity index (χ4n) is 1.93. The van der Waals surface area contributed by atoms with Crippen LogP contribution in [-0.2, 0) is 9.53 Å². The van der Waals surface area contributed by atoms with Crippen molar-refractivity contribution < 1.29 is 9.53 Å². The minimum absolute atomic E-state index is 0.0801. The number of methoxy groups -OCH3 is 1. The van der Waals surface area contributed by atoms with Crippen molar-refractivity contribution >= 4 is 17.7 Å². The maximum Gasteiger partial charge on any atom is 0.325 e. The van der Waals surface area contributed by atoms with Gasteiger partial charge in [-0.15, -0.1) is 0 Å². The highest BCUT2D eigenvalue weighted by Crippen LogP contribution is 2.26. The smallest absolute Gasteiger partial charge is 0.325 e. The minimum Gasteiger partial charge on any atom is -0.468 e. The lowest BCUT2D eigenvalue weighted by Crippen LogP contribution is -2.49. The van der Waals surface area contributed by atoms with Crippen LogP contribution in [-0.4, -0.2) is 40.9 Å². The summed E-state index contributed by atoms with van der Waals surface area (Å²) in [6, 6.07) is 1.45. The van der Waals surface area contributed by atoms with Crippen LogP contribution in [0.2, 0.25) is 0 Å². The lowest BCUT2D eigenvalue weighted by atomic mass is 9.96. The van der Waals surface area contributed by atoms with Gasteiger partial charge in [0.25, 0.3) is 5.56 Å². The van der Waals surface area contributed by atoms with Crippen LogP contribution in [0.1, 0.15) is 26.0 Å². The number of thioether (sulfide) groups is 1. The van der Waals surface area contributed by atoms with Gasteiger partial charge in [0, 0.05) is 17.0 Å². The van der Waals surface area contributed by atoms with E-state index in [1.165, 1.54) is 24.9 Å². The molecule has 2 unspecified atom stereocenters. The van der Waals surface area contributed by atoms with E-state index in [1.807, 2.05) is 6.92 Å². The average molecular weight is 299 g/mol.